The fourth-order valence-corrected chi connectivity index (χ4v) is 3.89. The van der Waals surface area contributed by atoms with Crippen molar-refractivity contribution in [1.29, 1.82) is 0 Å². The van der Waals surface area contributed by atoms with Gasteiger partial charge in [0.1, 0.15) is 23.9 Å². The lowest BCUT2D eigenvalue weighted by Gasteiger charge is -2.20. The van der Waals surface area contributed by atoms with E-state index in [0.717, 1.165) is 45.2 Å². The number of nitrogens with one attached hydrogen (secondary N) is 1. The molecular weight excluding hydrogens is 440 g/mol. The zero-order valence-corrected chi connectivity index (χ0v) is 20.3. The van der Waals surface area contributed by atoms with Gasteiger partial charge in [-0.1, -0.05) is 59.8 Å². The van der Waals surface area contributed by atoms with E-state index in [1.165, 1.54) is 0 Å². The lowest BCUT2D eigenvalue weighted by Crippen LogP contribution is -2.30. The summed E-state index contributed by atoms with van der Waals surface area (Å²) < 4.78 is 16.6. The summed E-state index contributed by atoms with van der Waals surface area (Å²) in [6, 6.07) is 25.1. The van der Waals surface area contributed by atoms with E-state index in [9.17, 15) is 4.79 Å². The summed E-state index contributed by atoms with van der Waals surface area (Å²) in [5.74, 6) is 2.24. The number of benzene rings is 3. The van der Waals surface area contributed by atoms with Crippen LogP contribution in [0.4, 0.5) is 0 Å². The van der Waals surface area contributed by atoms with Gasteiger partial charge in [0.15, 0.2) is 0 Å². The van der Waals surface area contributed by atoms with Crippen LogP contribution in [0.1, 0.15) is 46.7 Å². The summed E-state index contributed by atoms with van der Waals surface area (Å²) >= 11 is 0. The summed E-state index contributed by atoms with van der Waals surface area (Å²) in [4.78, 5) is 13.0. The average Bonchev–Trinajstić information content (AvgIpc) is 3.20. The molecule has 0 saturated carbocycles. The zero-order valence-electron chi connectivity index (χ0n) is 20.3. The molecule has 1 N–H and O–H groups in total. The van der Waals surface area contributed by atoms with Gasteiger partial charge in [-0.25, -0.2) is 0 Å². The van der Waals surface area contributed by atoms with Crippen molar-refractivity contribution in [3.8, 4) is 11.5 Å². The molecule has 1 unspecified atom stereocenters. The molecule has 6 nitrogen and oxygen atoms in total. The molecular formula is C29H30N2O4. The maximum atomic E-state index is 13.0. The molecule has 3 aromatic carbocycles. The van der Waals surface area contributed by atoms with E-state index in [-0.39, 0.29) is 18.4 Å². The first-order valence-electron chi connectivity index (χ1n) is 11.7. The Morgan fingerprint density at radius 2 is 1.51 bits per heavy atom. The van der Waals surface area contributed by atoms with Gasteiger partial charge < -0.3 is 19.3 Å². The van der Waals surface area contributed by atoms with Crippen LogP contribution < -0.4 is 14.8 Å². The predicted octanol–water partition coefficient (Wildman–Crippen LogP) is 5.72. The minimum absolute atomic E-state index is 0.0582. The third kappa shape index (κ3) is 6.29. The molecule has 0 aliphatic heterocycles. The number of carbonyl (C=O) groups excluding carboxylic acids is 1. The minimum atomic E-state index is -0.253. The first kappa shape index (κ1) is 24.1. The van der Waals surface area contributed by atoms with Crippen LogP contribution in [0.3, 0.4) is 0 Å². The molecule has 0 saturated heterocycles. The maximum Gasteiger partial charge on any atom is 0.225 e. The van der Waals surface area contributed by atoms with Crippen molar-refractivity contribution < 1.29 is 18.8 Å². The van der Waals surface area contributed by atoms with Crippen LogP contribution in [0.15, 0.2) is 83.4 Å². The molecule has 6 heteroatoms. The highest BCUT2D eigenvalue weighted by Crippen LogP contribution is 2.25. The van der Waals surface area contributed by atoms with Crippen LogP contribution in [0.25, 0.3) is 0 Å². The SMILES string of the molecule is CCOc1ccc(C(NC(=O)Cc2ccc(OCc3c(C)noc3C)cc2)c2ccccc2)cc1. The molecule has 0 aliphatic rings. The van der Waals surface area contributed by atoms with Gasteiger partial charge in [0, 0.05) is 0 Å². The van der Waals surface area contributed by atoms with E-state index in [1.54, 1.807) is 0 Å². The molecule has 1 aromatic heterocycles. The summed E-state index contributed by atoms with van der Waals surface area (Å²) in [5, 5.41) is 7.14. The molecule has 180 valence electrons. The molecule has 0 fully saturated rings. The Kier molecular flexibility index (Phi) is 7.83. The number of aromatic nitrogens is 1. The molecule has 0 aliphatic carbocycles. The van der Waals surface area contributed by atoms with E-state index >= 15 is 0 Å². The van der Waals surface area contributed by atoms with Crippen molar-refractivity contribution in [2.75, 3.05) is 6.61 Å². The molecule has 0 radical (unpaired) electrons. The van der Waals surface area contributed by atoms with Crippen molar-refractivity contribution in [3.05, 3.63) is 113 Å². The average molecular weight is 471 g/mol. The third-order valence-corrected chi connectivity index (χ3v) is 5.82. The van der Waals surface area contributed by atoms with E-state index in [2.05, 4.69) is 10.5 Å². The summed E-state index contributed by atoms with van der Waals surface area (Å²) in [6.07, 6.45) is 0.268. The Morgan fingerprint density at radius 1 is 0.886 bits per heavy atom. The molecule has 0 bridgehead atoms. The Morgan fingerprint density at radius 3 is 2.14 bits per heavy atom. The van der Waals surface area contributed by atoms with Crippen molar-refractivity contribution in [2.24, 2.45) is 0 Å². The summed E-state index contributed by atoms with van der Waals surface area (Å²) in [7, 11) is 0. The lowest BCUT2D eigenvalue weighted by atomic mass is 9.98. The highest BCUT2D eigenvalue weighted by atomic mass is 16.5. The van der Waals surface area contributed by atoms with Crippen LogP contribution >= 0.6 is 0 Å². The van der Waals surface area contributed by atoms with Crippen molar-refractivity contribution in [3.63, 3.8) is 0 Å². The van der Waals surface area contributed by atoms with Crippen molar-refractivity contribution >= 4 is 5.91 Å². The van der Waals surface area contributed by atoms with Crippen molar-refractivity contribution in [1.82, 2.24) is 10.5 Å². The Balaban J connectivity index is 1.41. The largest absolute Gasteiger partial charge is 0.494 e. The van der Waals surface area contributed by atoms with Gasteiger partial charge in [-0.15, -0.1) is 0 Å². The van der Waals surface area contributed by atoms with Gasteiger partial charge in [0.2, 0.25) is 5.91 Å². The first-order chi connectivity index (χ1) is 17.0. The summed E-state index contributed by atoms with van der Waals surface area (Å²) in [6.45, 7) is 6.73. The number of carbonyl (C=O) groups is 1. The van der Waals surface area contributed by atoms with Crippen LogP contribution in [0.5, 0.6) is 11.5 Å². The first-order valence-corrected chi connectivity index (χ1v) is 11.7. The van der Waals surface area contributed by atoms with Crippen LogP contribution in [0, 0.1) is 13.8 Å². The molecule has 4 aromatic rings. The van der Waals surface area contributed by atoms with E-state index < -0.39 is 0 Å². The monoisotopic (exact) mass is 470 g/mol. The third-order valence-electron chi connectivity index (χ3n) is 5.82. The highest BCUT2D eigenvalue weighted by Gasteiger charge is 2.17. The van der Waals surface area contributed by atoms with Gasteiger partial charge in [-0.2, -0.15) is 0 Å². The highest BCUT2D eigenvalue weighted by molar-refractivity contribution is 5.79. The van der Waals surface area contributed by atoms with Gasteiger partial charge in [-0.05, 0) is 61.7 Å². The Bertz CT molecular complexity index is 1210. The van der Waals surface area contributed by atoms with Gasteiger partial charge in [0.25, 0.3) is 0 Å². The normalized spacial score (nSPS) is 11.6. The second kappa shape index (κ2) is 11.4. The number of nitrogens with zero attached hydrogens (tertiary/aromatic N) is 1. The zero-order chi connectivity index (χ0) is 24.6. The Labute approximate surface area is 205 Å². The smallest absolute Gasteiger partial charge is 0.225 e. The quantitative estimate of drug-likeness (QED) is 0.321. The van der Waals surface area contributed by atoms with Crippen LogP contribution in [-0.2, 0) is 17.8 Å². The number of amides is 1. The number of rotatable bonds is 10. The molecule has 1 heterocycles. The fourth-order valence-electron chi connectivity index (χ4n) is 3.89. The van der Waals surface area contributed by atoms with Gasteiger partial charge in [0.05, 0.1) is 30.3 Å². The predicted molar refractivity (Wildman–Crippen MR) is 134 cm³/mol. The fraction of sp³-hybridized carbons (Fsp3) is 0.241. The second-order valence-corrected chi connectivity index (χ2v) is 8.33. The van der Waals surface area contributed by atoms with Gasteiger partial charge in [-0.3, -0.25) is 4.79 Å². The lowest BCUT2D eigenvalue weighted by molar-refractivity contribution is -0.120. The van der Waals surface area contributed by atoms with Gasteiger partial charge >= 0.3 is 0 Å². The minimum Gasteiger partial charge on any atom is -0.494 e. The molecule has 0 spiro atoms. The van der Waals surface area contributed by atoms with E-state index in [4.69, 9.17) is 14.0 Å². The van der Waals surface area contributed by atoms with E-state index in [1.807, 2.05) is 99.6 Å². The van der Waals surface area contributed by atoms with Crippen molar-refractivity contribution in [2.45, 2.75) is 39.8 Å². The van der Waals surface area contributed by atoms with E-state index in [0.29, 0.717) is 13.2 Å². The molecule has 35 heavy (non-hydrogen) atoms. The van der Waals surface area contributed by atoms with Crippen LogP contribution in [-0.4, -0.2) is 17.7 Å². The second-order valence-electron chi connectivity index (χ2n) is 8.33. The number of ether oxygens (including phenoxy) is 2. The standard InChI is InChI=1S/C29H30N2O4/c1-4-33-25-16-12-24(13-17-25)29(23-8-6-5-7-9-23)30-28(32)18-22-10-14-26(15-11-22)34-19-27-20(2)31-35-21(27)3/h5-17,29H,4,18-19H2,1-3H3,(H,30,32). The van der Waals surface area contributed by atoms with Crippen LogP contribution in [0.2, 0.25) is 0 Å². The maximum absolute atomic E-state index is 13.0. The molecule has 1 atom stereocenters. The summed E-state index contributed by atoms with van der Waals surface area (Å²) in [5.41, 5.74) is 4.71. The number of hydrogen-bond acceptors (Lipinski definition) is 5. The number of hydrogen-bond donors (Lipinski definition) is 1. The number of aryl methyl sites for hydroxylation is 2. The Hall–Kier alpha value is -4.06. The molecule has 4 rings (SSSR count). The topological polar surface area (TPSA) is 73.6 Å². The molecule has 1 amide bonds.